The molecule has 28 heavy (non-hydrogen) atoms. The first-order valence-electron chi connectivity index (χ1n) is 9.21. The number of morpholine rings is 1. The Morgan fingerprint density at radius 2 is 1.75 bits per heavy atom. The third kappa shape index (κ3) is 3.49. The van der Waals surface area contributed by atoms with E-state index in [0.717, 1.165) is 23.9 Å². The average Bonchev–Trinajstić information content (AvgIpc) is 2.72. The number of piperidine rings is 1. The lowest BCUT2D eigenvalue weighted by molar-refractivity contribution is -0.143. The third-order valence-electron chi connectivity index (χ3n) is 5.44. The number of hydrogen-bond acceptors (Lipinski definition) is 3. The summed E-state index contributed by atoms with van der Waals surface area (Å²) in [4.78, 5) is 28.1. The van der Waals surface area contributed by atoms with Gasteiger partial charge in [0, 0.05) is 18.8 Å². The topological polar surface area (TPSA) is 49.9 Å². The Hall–Kier alpha value is -2.80. The monoisotopic (exact) mass is 386 g/mol. The first kappa shape index (κ1) is 18.6. The van der Waals surface area contributed by atoms with Gasteiger partial charge in [-0.2, -0.15) is 0 Å². The summed E-state index contributed by atoms with van der Waals surface area (Å²) in [5.74, 6) is -2.01. The molecule has 5 nitrogen and oxygen atoms in total. The minimum absolute atomic E-state index is 0.0125. The molecule has 2 heterocycles. The van der Waals surface area contributed by atoms with Gasteiger partial charge in [0.05, 0.1) is 17.7 Å². The van der Waals surface area contributed by atoms with Crippen molar-refractivity contribution in [1.29, 1.82) is 0 Å². The average molecular weight is 386 g/mol. The van der Waals surface area contributed by atoms with Gasteiger partial charge in [0.25, 0.3) is 11.8 Å². The van der Waals surface area contributed by atoms with E-state index in [1.165, 1.54) is 4.90 Å². The molecule has 2 aliphatic rings. The van der Waals surface area contributed by atoms with Crippen molar-refractivity contribution in [2.75, 3.05) is 31.1 Å². The number of amides is 2. The Morgan fingerprint density at radius 3 is 2.46 bits per heavy atom. The van der Waals surface area contributed by atoms with E-state index in [1.807, 2.05) is 30.3 Å². The normalized spacial score (nSPS) is 19.1. The number of rotatable bonds is 2. The molecule has 0 bridgehead atoms. The predicted molar refractivity (Wildman–Crippen MR) is 99.0 cm³/mol. The number of halogens is 2. The summed E-state index contributed by atoms with van der Waals surface area (Å²) in [5, 5.41) is 0. The summed E-state index contributed by atoms with van der Waals surface area (Å²) in [5.41, 5.74) is 0.0122. The number of para-hydroxylation sites is 1. The fourth-order valence-electron chi connectivity index (χ4n) is 3.81. The van der Waals surface area contributed by atoms with Gasteiger partial charge in [-0.25, -0.2) is 8.78 Å². The number of carbonyl (C=O) groups is 2. The van der Waals surface area contributed by atoms with E-state index in [-0.39, 0.29) is 18.1 Å². The second-order valence-electron chi connectivity index (χ2n) is 7.20. The minimum Gasteiger partial charge on any atom is -0.363 e. The number of hydrogen-bond donors (Lipinski definition) is 0. The molecule has 7 heteroatoms. The van der Waals surface area contributed by atoms with Crippen LogP contribution >= 0.6 is 0 Å². The lowest BCUT2D eigenvalue weighted by atomic mass is 9.88. The van der Waals surface area contributed by atoms with Gasteiger partial charge in [0.2, 0.25) is 0 Å². The van der Waals surface area contributed by atoms with Crippen molar-refractivity contribution in [1.82, 2.24) is 4.90 Å². The smallest absolute Gasteiger partial charge is 0.256 e. The first-order valence-corrected chi connectivity index (χ1v) is 9.21. The zero-order valence-corrected chi connectivity index (χ0v) is 15.2. The lowest BCUT2D eigenvalue weighted by Crippen LogP contribution is -2.59. The van der Waals surface area contributed by atoms with Crippen molar-refractivity contribution >= 4 is 17.5 Å². The fourth-order valence-corrected chi connectivity index (χ4v) is 3.81. The molecule has 0 N–H and O–H groups in total. The van der Waals surface area contributed by atoms with Gasteiger partial charge in [-0.3, -0.25) is 9.59 Å². The van der Waals surface area contributed by atoms with Gasteiger partial charge in [-0.05, 0) is 43.2 Å². The highest BCUT2D eigenvalue weighted by Gasteiger charge is 2.43. The molecule has 2 amide bonds. The Kier molecular flexibility index (Phi) is 4.85. The van der Waals surface area contributed by atoms with E-state index in [9.17, 15) is 18.4 Å². The molecule has 1 spiro atoms. The number of benzene rings is 2. The van der Waals surface area contributed by atoms with Crippen molar-refractivity contribution in [3.05, 3.63) is 65.7 Å². The van der Waals surface area contributed by atoms with Crippen LogP contribution in [-0.2, 0) is 9.53 Å². The van der Waals surface area contributed by atoms with Crippen molar-refractivity contribution in [2.45, 2.75) is 18.4 Å². The SMILES string of the molecule is O=C(c1cc(F)ccc1F)N1CCC2(CC1)CN(c1ccccc1)C(=O)CO2. The maximum absolute atomic E-state index is 13.9. The van der Waals surface area contributed by atoms with E-state index < -0.39 is 23.1 Å². The van der Waals surface area contributed by atoms with Gasteiger partial charge in [-0.1, -0.05) is 18.2 Å². The number of ether oxygens (including phenoxy) is 1. The van der Waals surface area contributed by atoms with Crippen LogP contribution in [0.4, 0.5) is 14.5 Å². The second-order valence-corrected chi connectivity index (χ2v) is 7.20. The quantitative estimate of drug-likeness (QED) is 0.797. The highest BCUT2D eigenvalue weighted by Crippen LogP contribution is 2.33. The van der Waals surface area contributed by atoms with Crippen molar-refractivity contribution < 1.29 is 23.1 Å². The van der Waals surface area contributed by atoms with Gasteiger partial charge in [0.1, 0.15) is 18.2 Å². The summed E-state index contributed by atoms with van der Waals surface area (Å²) in [6, 6.07) is 12.3. The summed E-state index contributed by atoms with van der Waals surface area (Å²) >= 11 is 0. The molecule has 0 radical (unpaired) electrons. The number of carbonyl (C=O) groups excluding carboxylic acids is 2. The molecule has 0 aromatic heterocycles. The zero-order valence-electron chi connectivity index (χ0n) is 15.2. The summed E-state index contributed by atoms with van der Waals surface area (Å²) < 4.78 is 33.2. The fraction of sp³-hybridized carbons (Fsp3) is 0.333. The molecule has 4 rings (SSSR count). The van der Waals surface area contributed by atoms with Crippen LogP contribution in [0.25, 0.3) is 0 Å². The molecule has 2 aromatic rings. The van der Waals surface area contributed by atoms with Gasteiger partial charge >= 0.3 is 0 Å². The number of nitrogens with zero attached hydrogens (tertiary/aromatic N) is 2. The van der Waals surface area contributed by atoms with E-state index in [0.29, 0.717) is 32.5 Å². The molecule has 2 aromatic carbocycles. The standard InChI is InChI=1S/C21H20F2N2O3/c22-15-6-7-18(23)17(12-15)20(27)24-10-8-21(9-11-24)14-25(19(26)13-28-21)16-4-2-1-3-5-16/h1-7,12H,8-11,13-14H2. The van der Waals surface area contributed by atoms with Crippen LogP contribution in [0.1, 0.15) is 23.2 Å². The zero-order chi connectivity index (χ0) is 19.7. The molecular weight excluding hydrogens is 366 g/mol. The van der Waals surface area contributed by atoms with Crippen LogP contribution in [0.3, 0.4) is 0 Å². The molecule has 0 atom stereocenters. The van der Waals surface area contributed by atoms with Crippen LogP contribution in [0, 0.1) is 11.6 Å². The van der Waals surface area contributed by atoms with E-state index in [2.05, 4.69) is 0 Å². The lowest BCUT2D eigenvalue weighted by Gasteiger charge is -2.47. The Labute approximate surface area is 161 Å². The molecule has 2 saturated heterocycles. The maximum Gasteiger partial charge on any atom is 0.256 e. The van der Waals surface area contributed by atoms with Crippen LogP contribution in [0.2, 0.25) is 0 Å². The Balaban J connectivity index is 1.46. The Bertz CT molecular complexity index is 896. The first-order chi connectivity index (χ1) is 13.5. The number of anilines is 1. The van der Waals surface area contributed by atoms with Crippen LogP contribution in [-0.4, -0.2) is 48.6 Å². The molecule has 0 aliphatic carbocycles. The van der Waals surface area contributed by atoms with E-state index >= 15 is 0 Å². The van der Waals surface area contributed by atoms with E-state index in [1.54, 1.807) is 4.90 Å². The van der Waals surface area contributed by atoms with Crippen LogP contribution in [0.5, 0.6) is 0 Å². The highest BCUT2D eigenvalue weighted by molar-refractivity contribution is 5.95. The summed E-state index contributed by atoms with van der Waals surface area (Å²) in [6.45, 7) is 1.10. The van der Waals surface area contributed by atoms with Crippen molar-refractivity contribution in [3.8, 4) is 0 Å². The number of likely N-dealkylation sites (tertiary alicyclic amines) is 1. The van der Waals surface area contributed by atoms with Crippen molar-refractivity contribution in [3.63, 3.8) is 0 Å². The van der Waals surface area contributed by atoms with E-state index in [4.69, 9.17) is 4.74 Å². The summed E-state index contributed by atoms with van der Waals surface area (Å²) in [6.07, 6.45) is 1.04. The van der Waals surface area contributed by atoms with Gasteiger partial charge < -0.3 is 14.5 Å². The van der Waals surface area contributed by atoms with Gasteiger partial charge in [-0.15, -0.1) is 0 Å². The minimum atomic E-state index is -0.735. The molecule has 2 aliphatic heterocycles. The van der Waals surface area contributed by atoms with Crippen molar-refractivity contribution in [2.24, 2.45) is 0 Å². The Morgan fingerprint density at radius 1 is 1.04 bits per heavy atom. The predicted octanol–water partition coefficient (Wildman–Crippen LogP) is 3.00. The summed E-state index contributed by atoms with van der Waals surface area (Å²) in [7, 11) is 0. The van der Waals surface area contributed by atoms with Crippen LogP contribution < -0.4 is 4.90 Å². The molecule has 2 fully saturated rings. The highest BCUT2D eigenvalue weighted by atomic mass is 19.1. The third-order valence-corrected chi connectivity index (χ3v) is 5.44. The molecular formula is C21H20F2N2O3. The second kappa shape index (κ2) is 7.31. The maximum atomic E-state index is 13.9. The van der Waals surface area contributed by atoms with Gasteiger partial charge in [0.15, 0.2) is 0 Å². The van der Waals surface area contributed by atoms with Crippen LogP contribution in [0.15, 0.2) is 48.5 Å². The molecule has 146 valence electrons. The molecule has 0 saturated carbocycles. The molecule has 0 unspecified atom stereocenters. The largest absolute Gasteiger partial charge is 0.363 e.